The maximum atomic E-state index is 12.8. The summed E-state index contributed by atoms with van der Waals surface area (Å²) >= 11 is 1.45. The minimum absolute atomic E-state index is 0.0535. The molecule has 0 spiro atoms. The predicted molar refractivity (Wildman–Crippen MR) is 107 cm³/mol. The maximum Gasteiger partial charge on any atom is 0.282 e. The van der Waals surface area contributed by atoms with E-state index in [-0.39, 0.29) is 5.91 Å². The highest BCUT2D eigenvalue weighted by Gasteiger charge is 2.29. The molecule has 6 heteroatoms. The van der Waals surface area contributed by atoms with Gasteiger partial charge in [-0.15, -0.1) is 11.3 Å². The van der Waals surface area contributed by atoms with Crippen LogP contribution in [0.25, 0.3) is 11.3 Å². The first-order chi connectivity index (χ1) is 13.1. The Morgan fingerprint density at radius 3 is 2.78 bits per heavy atom. The summed E-state index contributed by atoms with van der Waals surface area (Å²) in [6, 6.07) is 8.12. The van der Waals surface area contributed by atoms with Crippen LogP contribution in [0.4, 0.5) is 0 Å². The first-order valence-electron chi connectivity index (χ1n) is 9.23. The SMILES string of the molecule is CC(C)c1csc(C(=O)N2CCC(c3ccnc(-c4ccncc4)c3)C2)n1. The molecule has 1 unspecified atom stereocenters. The molecule has 3 aromatic heterocycles. The molecule has 4 heterocycles. The average Bonchev–Trinajstić information content (AvgIpc) is 3.38. The molecule has 0 bridgehead atoms. The van der Waals surface area contributed by atoms with Crippen molar-refractivity contribution in [1.82, 2.24) is 19.9 Å². The van der Waals surface area contributed by atoms with E-state index in [4.69, 9.17) is 0 Å². The van der Waals surface area contributed by atoms with Gasteiger partial charge < -0.3 is 4.90 Å². The lowest BCUT2D eigenvalue weighted by atomic mass is 9.98. The van der Waals surface area contributed by atoms with Crippen LogP contribution in [0.5, 0.6) is 0 Å². The van der Waals surface area contributed by atoms with Gasteiger partial charge in [0.2, 0.25) is 0 Å². The number of amides is 1. The highest BCUT2D eigenvalue weighted by molar-refractivity contribution is 7.11. The van der Waals surface area contributed by atoms with E-state index in [0.717, 1.165) is 36.5 Å². The Morgan fingerprint density at radius 1 is 1.22 bits per heavy atom. The van der Waals surface area contributed by atoms with Gasteiger partial charge in [-0.25, -0.2) is 4.98 Å². The van der Waals surface area contributed by atoms with Gasteiger partial charge >= 0.3 is 0 Å². The highest BCUT2D eigenvalue weighted by Crippen LogP contribution is 2.30. The number of carbonyl (C=O) groups is 1. The van der Waals surface area contributed by atoms with Crippen molar-refractivity contribution in [3.8, 4) is 11.3 Å². The second kappa shape index (κ2) is 7.56. The molecule has 0 saturated carbocycles. The van der Waals surface area contributed by atoms with Gasteiger partial charge in [-0.3, -0.25) is 14.8 Å². The number of nitrogens with zero attached hydrogens (tertiary/aromatic N) is 4. The van der Waals surface area contributed by atoms with E-state index < -0.39 is 0 Å². The molecular formula is C21H22N4OS. The number of thiazole rings is 1. The van der Waals surface area contributed by atoms with Crippen LogP contribution in [0.15, 0.2) is 48.2 Å². The molecular weight excluding hydrogens is 356 g/mol. The minimum Gasteiger partial charge on any atom is -0.336 e. The number of rotatable bonds is 4. The van der Waals surface area contributed by atoms with E-state index in [1.54, 1.807) is 12.4 Å². The average molecular weight is 379 g/mol. The number of hydrogen-bond donors (Lipinski definition) is 0. The summed E-state index contributed by atoms with van der Waals surface area (Å²) in [6.45, 7) is 5.69. The lowest BCUT2D eigenvalue weighted by Gasteiger charge is -2.15. The zero-order valence-electron chi connectivity index (χ0n) is 15.5. The van der Waals surface area contributed by atoms with Gasteiger partial charge in [0.05, 0.1) is 11.4 Å². The monoisotopic (exact) mass is 378 g/mol. The van der Waals surface area contributed by atoms with Crippen LogP contribution in [0.2, 0.25) is 0 Å². The molecule has 1 fully saturated rings. The van der Waals surface area contributed by atoms with Gasteiger partial charge in [0.15, 0.2) is 5.01 Å². The number of carbonyl (C=O) groups excluding carboxylic acids is 1. The van der Waals surface area contributed by atoms with Crippen molar-refractivity contribution in [3.63, 3.8) is 0 Å². The van der Waals surface area contributed by atoms with E-state index in [1.807, 2.05) is 28.6 Å². The Hall–Kier alpha value is -2.60. The van der Waals surface area contributed by atoms with Crippen molar-refractivity contribution >= 4 is 17.2 Å². The zero-order valence-corrected chi connectivity index (χ0v) is 16.3. The Balaban J connectivity index is 1.48. The fraction of sp³-hybridized carbons (Fsp3) is 0.333. The van der Waals surface area contributed by atoms with E-state index in [1.165, 1.54) is 16.9 Å². The van der Waals surface area contributed by atoms with Crippen LogP contribution < -0.4 is 0 Å². The molecule has 27 heavy (non-hydrogen) atoms. The van der Waals surface area contributed by atoms with Crippen molar-refractivity contribution < 1.29 is 4.79 Å². The highest BCUT2D eigenvalue weighted by atomic mass is 32.1. The van der Waals surface area contributed by atoms with Crippen LogP contribution in [-0.2, 0) is 0 Å². The fourth-order valence-corrected chi connectivity index (χ4v) is 4.33. The normalized spacial score (nSPS) is 16.9. The molecule has 0 N–H and O–H groups in total. The Kier molecular flexibility index (Phi) is 4.99. The van der Waals surface area contributed by atoms with Gasteiger partial charge in [0.1, 0.15) is 0 Å². The van der Waals surface area contributed by atoms with Crippen LogP contribution >= 0.6 is 11.3 Å². The first-order valence-corrected chi connectivity index (χ1v) is 10.1. The summed E-state index contributed by atoms with van der Waals surface area (Å²) in [5.41, 5.74) is 4.23. The van der Waals surface area contributed by atoms with Crippen LogP contribution in [0.1, 0.15) is 53.2 Å². The van der Waals surface area contributed by atoms with E-state index >= 15 is 0 Å². The lowest BCUT2D eigenvalue weighted by Crippen LogP contribution is -2.28. The van der Waals surface area contributed by atoms with Gasteiger partial charge in [0, 0.05) is 48.5 Å². The molecule has 1 saturated heterocycles. The molecule has 1 atom stereocenters. The molecule has 1 aliphatic rings. The maximum absolute atomic E-state index is 12.8. The quantitative estimate of drug-likeness (QED) is 0.677. The van der Waals surface area contributed by atoms with E-state index in [9.17, 15) is 4.79 Å². The fourth-order valence-electron chi connectivity index (χ4n) is 3.38. The number of pyridine rings is 2. The van der Waals surface area contributed by atoms with E-state index in [0.29, 0.717) is 16.8 Å². The van der Waals surface area contributed by atoms with Gasteiger partial charge in [-0.2, -0.15) is 0 Å². The molecule has 1 aliphatic heterocycles. The number of aromatic nitrogens is 3. The van der Waals surface area contributed by atoms with Crippen molar-refractivity contribution in [2.75, 3.05) is 13.1 Å². The van der Waals surface area contributed by atoms with Gasteiger partial charge in [-0.05, 0) is 42.2 Å². The summed E-state index contributed by atoms with van der Waals surface area (Å²) in [6.07, 6.45) is 6.37. The molecule has 0 aliphatic carbocycles. The van der Waals surface area contributed by atoms with Crippen LogP contribution in [0.3, 0.4) is 0 Å². The largest absolute Gasteiger partial charge is 0.336 e. The molecule has 0 radical (unpaired) electrons. The number of hydrogen-bond acceptors (Lipinski definition) is 5. The lowest BCUT2D eigenvalue weighted by molar-refractivity contribution is 0.0790. The molecule has 5 nitrogen and oxygen atoms in total. The molecule has 138 valence electrons. The second-order valence-electron chi connectivity index (χ2n) is 7.18. The van der Waals surface area contributed by atoms with Crippen molar-refractivity contribution in [3.05, 3.63) is 64.5 Å². The molecule has 4 rings (SSSR count). The minimum atomic E-state index is 0.0535. The summed E-state index contributed by atoms with van der Waals surface area (Å²) in [7, 11) is 0. The predicted octanol–water partition coefficient (Wildman–Crippen LogP) is 4.35. The van der Waals surface area contributed by atoms with E-state index in [2.05, 4.69) is 40.9 Å². The third kappa shape index (κ3) is 3.76. The van der Waals surface area contributed by atoms with Crippen LogP contribution in [0, 0.1) is 0 Å². The molecule has 1 amide bonds. The smallest absolute Gasteiger partial charge is 0.282 e. The molecule has 0 aromatic carbocycles. The Morgan fingerprint density at radius 2 is 2.04 bits per heavy atom. The summed E-state index contributed by atoms with van der Waals surface area (Å²) < 4.78 is 0. The summed E-state index contributed by atoms with van der Waals surface area (Å²) in [5.74, 6) is 0.734. The summed E-state index contributed by atoms with van der Waals surface area (Å²) in [4.78, 5) is 27.8. The van der Waals surface area contributed by atoms with Gasteiger partial charge in [-0.1, -0.05) is 13.8 Å². The van der Waals surface area contributed by atoms with Crippen molar-refractivity contribution in [2.45, 2.75) is 32.1 Å². The van der Waals surface area contributed by atoms with Gasteiger partial charge in [0.25, 0.3) is 5.91 Å². The topological polar surface area (TPSA) is 59.0 Å². The van der Waals surface area contributed by atoms with Crippen molar-refractivity contribution in [2.24, 2.45) is 0 Å². The van der Waals surface area contributed by atoms with Crippen molar-refractivity contribution in [1.29, 1.82) is 0 Å². The second-order valence-corrected chi connectivity index (χ2v) is 8.04. The summed E-state index contributed by atoms with van der Waals surface area (Å²) in [5, 5.41) is 2.60. The first kappa shape index (κ1) is 17.8. The Labute approximate surface area is 163 Å². The number of likely N-dealkylation sites (tertiary alicyclic amines) is 1. The third-order valence-electron chi connectivity index (χ3n) is 5.00. The van der Waals surface area contributed by atoms with Crippen LogP contribution in [-0.4, -0.2) is 38.8 Å². The Bertz CT molecular complexity index is 938. The zero-order chi connectivity index (χ0) is 18.8. The third-order valence-corrected chi connectivity index (χ3v) is 5.85. The molecule has 3 aromatic rings. The standard InChI is InChI=1S/C21H22N4OS/c1-14(2)19-13-27-20(24-19)21(26)25-10-6-17(12-25)16-5-9-23-18(11-16)15-3-7-22-8-4-15/h3-5,7-9,11,13-14,17H,6,10,12H2,1-2H3.